The smallest absolute Gasteiger partial charge is 0.331 e. The van der Waals surface area contributed by atoms with Gasteiger partial charge in [0.15, 0.2) is 0 Å². The predicted molar refractivity (Wildman–Crippen MR) is 56.1 cm³/mol. The zero-order chi connectivity index (χ0) is 11.4. The highest BCUT2D eigenvalue weighted by Gasteiger charge is 2.16. The molecule has 0 spiro atoms. The lowest BCUT2D eigenvalue weighted by molar-refractivity contribution is -0.148. The molecule has 0 saturated heterocycles. The number of carbonyl (C=O) groups excluding carboxylic acids is 1. The van der Waals surface area contributed by atoms with E-state index in [1.54, 1.807) is 13.2 Å². The Kier molecular flexibility index (Phi) is 4.33. The number of ether oxygens (including phenoxy) is 2. The van der Waals surface area contributed by atoms with Crippen LogP contribution in [0.1, 0.15) is 34.6 Å². The quantitative estimate of drug-likeness (QED) is 0.518. The van der Waals surface area contributed by atoms with Crippen molar-refractivity contribution in [3.05, 3.63) is 12.2 Å². The molecular formula is C11H20O3. The maximum atomic E-state index is 11.3. The Morgan fingerprint density at radius 1 is 1.14 bits per heavy atom. The van der Waals surface area contributed by atoms with Crippen molar-refractivity contribution in [1.82, 2.24) is 0 Å². The van der Waals surface area contributed by atoms with Crippen molar-refractivity contribution in [1.29, 1.82) is 0 Å². The van der Waals surface area contributed by atoms with Crippen LogP contribution in [0.4, 0.5) is 0 Å². The van der Waals surface area contributed by atoms with Gasteiger partial charge in [-0.2, -0.15) is 0 Å². The molecule has 82 valence electrons. The van der Waals surface area contributed by atoms with Crippen LogP contribution in [0.3, 0.4) is 0 Å². The highest BCUT2D eigenvalue weighted by Crippen LogP contribution is 2.11. The molecule has 3 heteroatoms. The molecule has 0 radical (unpaired) electrons. The summed E-state index contributed by atoms with van der Waals surface area (Å²) < 4.78 is 10.2. The number of methoxy groups -OCH3 is 1. The second-order valence-electron chi connectivity index (χ2n) is 4.67. The summed E-state index contributed by atoms with van der Waals surface area (Å²) in [6, 6.07) is 0. The normalized spacial score (nSPS) is 13.3. The summed E-state index contributed by atoms with van der Waals surface area (Å²) >= 11 is 0. The van der Waals surface area contributed by atoms with Crippen LogP contribution in [-0.4, -0.2) is 24.3 Å². The molecule has 0 aliphatic carbocycles. The number of carbonyl (C=O) groups is 1. The van der Waals surface area contributed by atoms with Crippen LogP contribution < -0.4 is 0 Å². The van der Waals surface area contributed by atoms with E-state index < -0.39 is 11.2 Å². The fourth-order valence-corrected chi connectivity index (χ4v) is 0.673. The van der Waals surface area contributed by atoms with Crippen LogP contribution in [0.15, 0.2) is 12.2 Å². The molecule has 0 atom stereocenters. The van der Waals surface area contributed by atoms with E-state index in [2.05, 4.69) is 0 Å². The van der Waals surface area contributed by atoms with Gasteiger partial charge >= 0.3 is 5.97 Å². The molecule has 0 aliphatic rings. The van der Waals surface area contributed by atoms with Crippen molar-refractivity contribution in [2.45, 2.75) is 45.8 Å². The zero-order valence-electron chi connectivity index (χ0n) is 9.88. The third-order valence-electron chi connectivity index (χ3n) is 1.55. The summed E-state index contributed by atoms with van der Waals surface area (Å²) in [4.78, 5) is 11.3. The van der Waals surface area contributed by atoms with E-state index in [1.807, 2.05) is 34.6 Å². The van der Waals surface area contributed by atoms with Gasteiger partial charge in [0.05, 0.1) is 5.60 Å². The summed E-state index contributed by atoms with van der Waals surface area (Å²) in [5.74, 6) is -0.345. The minimum Gasteiger partial charge on any atom is -0.457 e. The molecule has 0 N–H and O–H groups in total. The lowest BCUT2D eigenvalue weighted by Crippen LogP contribution is -2.24. The summed E-state index contributed by atoms with van der Waals surface area (Å²) in [6.45, 7) is 9.24. The van der Waals surface area contributed by atoms with Crippen molar-refractivity contribution in [3.63, 3.8) is 0 Å². The van der Waals surface area contributed by atoms with Gasteiger partial charge in [0.25, 0.3) is 0 Å². The maximum Gasteiger partial charge on any atom is 0.331 e. The van der Waals surface area contributed by atoms with E-state index >= 15 is 0 Å². The molecule has 0 bridgehead atoms. The Balaban J connectivity index is 4.20. The van der Waals surface area contributed by atoms with Gasteiger partial charge in [0.1, 0.15) is 5.60 Å². The average molecular weight is 200 g/mol. The Bertz CT molecular complexity index is 221. The van der Waals surface area contributed by atoms with E-state index in [0.717, 1.165) is 0 Å². The minimum absolute atomic E-state index is 0.345. The molecular weight excluding hydrogens is 180 g/mol. The largest absolute Gasteiger partial charge is 0.457 e. The van der Waals surface area contributed by atoms with Crippen molar-refractivity contribution < 1.29 is 14.3 Å². The molecule has 0 aromatic heterocycles. The van der Waals surface area contributed by atoms with E-state index in [9.17, 15) is 4.79 Å². The number of hydrogen-bond donors (Lipinski definition) is 0. The van der Waals surface area contributed by atoms with Gasteiger partial charge in [-0.15, -0.1) is 0 Å². The second-order valence-corrected chi connectivity index (χ2v) is 4.67. The molecule has 0 aromatic rings. The monoisotopic (exact) mass is 200 g/mol. The molecule has 0 aliphatic heterocycles. The van der Waals surface area contributed by atoms with E-state index in [-0.39, 0.29) is 5.97 Å². The summed E-state index contributed by atoms with van der Waals surface area (Å²) in [6.07, 6.45) is 3.08. The van der Waals surface area contributed by atoms with Crippen LogP contribution >= 0.6 is 0 Å². The second kappa shape index (κ2) is 4.60. The van der Waals surface area contributed by atoms with Crippen LogP contribution in [0.5, 0.6) is 0 Å². The highest BCUT2D eigenvalue weighted by atomic mass is 16.6. The first-order valence-electron chi connectivity index (χ1n) is 4.64. The van der Waals surface area contributed by atoms with E-state index in [4.69, 9.17) is 9.47 Å². The van der Waals surface area contributed by atoms with Crippen LogP contribution in [0.25, 0.3) is 0 Å². The molecule has 0 fully saturated rings. The van der Waals surface area contributed by atoms with Gasteiger partial charge in [0, 0.05) is 13.2 Å². The van der Waals surface area contributed by atoms with Gasteiger partial charge in [-0.25, -0.2) is 4.79 Å². The molecule has 0 heterocycles. The SMILES string of the molecule is COC(C)(C)C=CC(=O)OC(C)(C)C. The van der Waals surface area contributed by atoms with Crippen LogP contribution in [0, 0.1) is 0 Å². The summed E-state index contributed by atoms with van der Waals surface area (Å²) in [7, 11) is 1.60. The Hall–Kier alpha value is -0.830. The molecule has 14 heavy (non-hydrogen) atoms. The van der Waals surface area contributed by atoms with Crippen molar-refractivity contribution in [2.75, 3.05) is 7.11 Å². The maximum absolute atomic E-state index is 11.3. The Morgan fingerprint density at radius 2 is 1.64 bits per heavy atom. The zero-order valence-corrected chi connectivity index (χ0v) is 9.88. The summed E-state index contributed by atoms with van der Waals surface area (Å²) in [5.41, 5.74) is -0.879. The third kappa shape index (κ3) is 6.66. The number of rotatable bonds is 3. The molecule has 0 aromatic carbocycles. The van der Waals surface area contributed by atoms with Crippen LogP contribution in [-0.2, 0) is 14.3 Å². The molecule has 0 rings (SSSR count). The van der Waals surface area contributed by atoms with E-state index in [0.29, 0.717) is 0 Å². The van der Waals surface area contributed by atoms with Crippen molar-refractivity contribution in [2.24, 2.45) is 0 Å². The summed E-state index contributed by atoms with van der Waals surface area (Å²) in [5, 5.41) is 0. The first-order chi connectivity index (χ1) is 6.16. The molecule has 0 saturated carbocycles. The molecule has 3 nitrogen and oxygen atoms in total. The fraction of sp³-hybridized carbons (Fsp3) is 0.727. The van der Waals surface area contributed by atoms with Crippen LogP contribution in [0.2, 0.25) is 0 Å². The number of esters is 1. The fourth-order valence-electron chi connectivity index (χ4n) is 0.673. The third-order valence-corrected chi connectivity index (χ3v) is 1.55. The standard InChI is InChI=1S/C11H20O3/c1-10(2,3)14-9(12)7-8-11(4,5)13-6/h7-8H,1-6H3. The first-order valence-corrected chi connectivity index (χ1v) is 4.64. The lowest BCUT2D eigenvalue weighted by Gasteiger charge is -2.20. The first kappa shape index (κ1) is 13.2. The molecule has 0 amide bonds. The average Bonchev–Trinajstić information content (AvgIpc) is 1.98. The topological polar surface area (TPSA) is 35.5 Å². The molecule has 0 unspecified atom stereocenters. The van der Waals surface area contributed by atoms with Gasteiger partial charge in [-0.05, 0) is 40.7 Å². The van der Waals surface area contributed by atoms with Gasteiger partial charge in [0.2, 0.25) is 0 Å². The van der Waals surface area contributed by atoms with Gasteiger partial charge in [-0.1, -0.05) is 0 Å². The highest BCUT2D eigenvalue weighted by molar-refractivity contribution is 5.82. The van der Waals surface area contributed by atoms with Crippen molar-refractivity contribution >= 4 is 5.97 Å². The Labute approximate surface area is 86.1 Å². The number of hydrogen-bond acceptors (Lipinski definition) is 3. The van der Waals surface area contributed by atoms with E-state index in [1.165, 1.54) is 6.08 Å². The van der Waals surface area contributed by atoms with Gasteiger partial charge in [-0.3, -0.25) is 0 Å². The lowest BCUT2D eigenvalue weighted by atomic mass is 10.1. The predicted octanol–water partition coefficient (Wildman–Crippen LogP) is 2.31. The minimum atomic E-state index is -0.446. The Morgan fingerprint density at radius 3 is 2.00 bits per heavy atom. The van der Waals surface area contributed by atoms with Gasteiger partial charge < -0.3 is 9.47 Å². The van der Waals surface area contributed by atoms with Crippen molar-refractivity contribution in [3.8, 4) is 0 Å².